The minimum atomic E-state index is -0.0999. The van der Waals surface area contributed by atoms with E-state index >= 15 is 0 Å². The molecule has 1 aliphatic rings. The number of aliphatic imine (C=N–C) groups is 2. The van der Waals surface area contributed by atoms with Crippen LogP contribution in [0.2, 0.25) is 5.02 Å². The minimum absolute atomic E-state index is 0.0999. The van der Waals surface area contributed by atoms with Crippen LogP contribution in [0.15, 0.2) is 58.5 Å². The van der Waals surface area contributed by atoms with E-state index < -0.39 is 0 Å². The fourth-order valence-electron chi connectivity index (χ4n) is 2.38. The van der Waals surface area contributed by atoms with E-state index in [9.17, 15) is 5.11 Å². The highest BCUT2D eigenvalue weighted by molar-refractivity contribution is 6.31. The van der Waals surface area contributed by atoms with Gasteiger partial charge in [0.15, 0.2) is 0 Å². The molecule has 0 aromatic heterocycles. The van der Waals surface area contributed by atoms with Gasteiger partial charge in [-0.2, -0.15) is 0 Å². The molecule has 3 N–H and O–H groups in total. The molecule has 3 rings (SSSR count). The van der Waals surface area contributed by atoms with Crippen molar-refractivity contribution in [2.24, 2.45) is 15.7 Å². The van der Waals surface area contributed by atoms with E-state index in [0.29, 0.717) is 22.7 Å². The topological polar surface area (TPSA) is 71.0 Å². The molecule has 5 heteroatoms. The smallest absolute Gasteiger partial charge is 0.216 e. The molecule has 0 radical (unpaired) electrons. The summed E-state index contributed by atoms with van der Waals surface area (Å²) in [7, 11) is 0. The van der Waals surface area contributed by atoms with Crippen molar-refractivity contribution in [2.75, 3.05) is 0 Å². The third-order valence-electron chi connectivity index (χ3n) is 3.38. The first-order valence-corrected chi connectivity index (χ1v) is 6.96. The second-order valence-corrected chi connectivity index (χ2v) is 5.27. The Morgan fingerprint density at radius 1 is 1.14 bits per heavy atom. The molecule has 2 aromatic carbocycles. The number of nitrogens with two attached hydrogens (primary N) is 1. The van der Waals surface area contributed by atoms with E-state index in [-0.39, 0.29) is 17.8 Å². The average Bonchev–Trinajstić information content (AvgIpc) is 2.50. The lowest BCUT2D eigenvalue weighted by molar-refractivity contribution is 0.474. The van der Waals surface area contributed by atoms with Gasteiger partial charge in [0, 0.05) is 17.0 Å². The molecule has 0 unspecified atom stereocenters. The maximum absolute atomic E-state index is 10.0. The zero-order valence-corrected chi connectivity index (χ0v) is 12.0. The Balaban J connectivity index is 1.98. The van der Waals surface area contributed by atoms with Gasteiger partial charge in [0.05, 0.1) is 11.8 Å². The van der Waals surface area contributed by atoms with Gasteiger partial charge in [-0.15, -0.1) is 0 Å². The van der Waals surface area contributed by atoms with Crippen LogP contribution < -0.4 is 5.73 Å². The van der Waals surface area contributed by atoms with Gasteiger partial charge in [-0.3, -0.25) is 0 Å². The van der Waals surface area contributed by atoms with E-state index in [0.717, 1.165) is 5.56 Å². The summed E-state index contributed by atoms with van der Waals surface area (Å²) in [5.74, 6) is 0.351. The Labute approximate surface area is 127 Å². The first-order chi connectivity index (χ1) is 10.1. The van der Waals surface area contributed by atoms with E-state index in [2.05, 4.69) is 9.98 Å². The van der Waals surface area contributed by atoms with Crippen molar-refractivity contribution in [3.8, 4) is 5.75 Å². The highest BCUT2D eigenvalue weighted by Gasteiger charge is 2.21. The van der Waals surface area contributed by atoms with Gasteiger partial charge in [0.25, 0.3) is 0 Å². The second kappa shape index (κ2) is 5.58. The van der Waals surface area contributed by atoms with Crippen LogP contribution >= 0.6 is 11.6 Å². The molecule has 1 atom stereocenters. The van der Waals surface area contributed by atoms with Crippen molar-refractivity contribution in [1.29, 1.82) is 0 Å². The zero-order valence-electron chi connectivity index (χ0n) is 11.2. The Morgan fingerprint density at radius 2 is 1.90 bits per heavy atom. The summed E-state index contributed by atoms with van der Waals surface area (Å²) in [6.45, 7) is 0. The van der Waals surface area contributed by atoms with Gasteiger partial charge in [0.1, 0.15) is 5.75 Å². The number of guanidine groups is 1. The zero-order chi connectivity index (χ0) is 14.8. The van der Waals surface area contributed by atoms with Gasteiger partial charge in [0.2, 0.25) is 5.96 Å². The molecule has 0 saturated heterocycles. The maximum Gasteiger partial charge on any atom is 0.216 e. The highest BCUT2D eigenvalue weighted by atomic mass is 35.5. The molecule has 4 nitrogen and oxygen atoms in total. The van der Waals surface area contributed by atoms with Crippen LogP contribution in [-0.2, 0) is 0 Å². The van der Waals surface area contributed by atoms with Crippen LogP contribution in [0, 0.1) is 0 Å². The number of phenols is 1. The summed E-state index contributed by atoms with van der Waals surface area (Å²) >= 11 is 6.00. The molecule has 0 saturated carbocycles. The molecule has 0 spiro atoms. The van der Waals surface area contributed by atoms with E-state index in [1.807, 2.05) is 30.3 Å². The largest absolute Gasteiger partial charge is 0.507 e. The molecule has 0 fully saturated rings. The summed E-state index contributed by atoms with van der Waals surface area (Å²) in [6, 6.07) is 14.7. The number of phenolic OH excluding ortho intramolecular Hbond substituents is 1. The van der Waals surface area contributed by atoms with Gasteiger partial charge < -0.3 is 10.8 Å². The predicted molar refractivity (Wildman–Crippen MR) is 85.1 cm³/mol. The molecule has 106 valence electrons. The molecule has 0 aliphatic carbocycles. The lowest BCUT2D eigenvalue weighted by atomic mass is 9.96. The van der Waals surface area contributed by atoms with Gasteiger partial charge >= 0.3 is 0 Å². The lowest BCUT2D eigenvalue weighted by Gasteiger charge is -2.20. The van der Waals surface area contributed by atoms with E-state index in [1.54, 1.807) is 18.2 Å². The third-order valence-corrected chi connectivity index (χ3v) is 3.61. The number of halogens is 1. The van der Waals surface area contributed by atoms with Gasteiger partial charge in [-0.25, -0.2) is 9.98 Å². The van der Waals surface area contributed by atoms with Crippen molar-refractivity contribution in [3.63, 3.8) is 0 Å². The summed E-state index contributed by atoms with van der Waals surface area (Å²) in [6.07, 6.45) is 0.568. The first kappa shape index (κ1) is 13.6. The molecule has 21 heavy (non-hydrogen) atoms. The number of nitrogens with zero attached hydrogens (tertiary/aromatic N) is 2. The molecule has 1 aliphatic heterocycles. The number of aromatic hydroxyl groups is 1. The van der Waals surface area contributed by atoms with Crippen LogP contribution in [0.1, 0.15) is 23.6 Å². The fourth-order valence-corrected chi connectivity index (χ4v) is 2.55. The monoisotopic (exact) mass is 299 g/mol. The number of hydrogen-bond donors (Lipinski definition) is 2. The Morgan fingerprint density at radius 3 is 2.67 bits per heavy atom. The van der Waals surface area contributed by atoms with Crippen LogP contribution in [0.4, 0.5) is 0 Å². The van der Waals surface area contributed by atoms with Crippen molar-refractivity contribution in [2.45, 2.75) is 12.5 Å². The lowest BCUT2D eigenvalue weighted by Crippen LogP contribution is -2.21. The SMILES string of the molecule is NC1=N[C@@H](c2ccccc2)CC(c2cc(Cl)ccc2O)=N1. The number of benzene rings is 2. The summed E-state index contributed by atoms with van der Waals surface area (Å²) in [5.41, 5.74) is 8.18. The average molecular weight is 300 g/mol. The van der Waals surface area contributed by atoms with Crippen molar-refractivity contribution in [1.82, 2.24) is 0 Å². The van der Waals surface area contributed by atoms with E-state index in [4.69, 9.17) is 17.3 Å². The van der Waals surface area contributed by atoms with Crippen molar-refractivity contribution >= 4 is 23.3 Å². The second-order valence-electron chi connectivity index (χ2n) is 4.84. The Hall–Kier alpha value is -2.33. The summed E-state index contributed by atoms with van der Waals surface area (Å²) in [4.78, 5) is 8.63. The first-order valence-electron chi connectivity index (χ1n) is 6.58. The van der Waals surface area contributed by atoms with Gasteiger partial charge in [-0.1, -0.05) is 41.9 Å². The standard InChI is InChI=1S/C16H14ClN3O/c17-11-6-7-15(21)12(8-11)14-9-13(19-16(18)20-14)10-4-2-1-3-5-10/h1-8,13,21H,9H2,(H2,18,19)/t13-/m1/s1. The highest BCUT2D eigenvalue weighted by Crippen LogP contribution is 2.30. The third kappa shape index (κ3) is 2.90. The van der Waals surface area contributed by atoms with Gasteiger partial charge in [-0.05, 0) is 23.8 Å². The van der Waals surface area contributed by atoms with E-state index in [1.165, 1.54) is 0 Å². The predicted octanol–water partition coefficient (Wildman–Crippen LogP) is 3.29. The van der Waals surface area contributed by atoms with Crippen molar-refractivity contribution in [3.05, 3.63) is 64.7 Å². The Bertz CT molecular complexity index is 726. The normalized spacial score (nSPS) is 18.0. The molecule has 0 amide bonds. The quantitative estimate of drug-likeness (QED) is 0.893. The van der Waals surface area contributed by atoms with Crippen LogP contribution in [-0.4, -0.2) is 16.8 Å². The maximum atomic E-state index is 10.0. The molecule has 1 heterocycles. The Kier molecular flexibility index (Phi) is 3.62. The van der Waals surface area contributed by atoms with Crippen LogP contribution in [0.5, 0.6) is 5.75 Å². The molecule has 0 bridgehead atoms. The number of hydrogen-bond acceptors (Lipinski definition) is 4. The number of rotatable bonds is 2. The summed E-state index contributed by atoms with van der Waals surface area (Å²) in [5, 5.41) is 10.6. The summed E-state index contributed by atoms with van der Waals surface area (Å²) < 4.78 is 0. The molecule has 2 aromatic rings. The molecular formula is C16H14ClN3O. The van der Waals surface area contributed by atoms with Crippen LogP contribution in [0.3, 0.4) is 0 Å². The fraction of sp³-hybridized carbons (Fsp3) is 0.125. The van der Waals surface area contributed by atoms with Crippen LogP contribution in [0.25, 0.3) is 0 Å². The minimum Gasteiger partial charge on any atom is -0.507 e. The molecular weight excluding hydrogens is 286 g/mol. The van der Waals surface area contributed by atoms with Crippen molar-refractivity contribution < 1.29 is 5.11 Å².